The lowest BCUT2D eigenvalue weighted by atomic mass is 9.98. The van der Waals surface area contributed by atoms with Crippen LogP contribution < -0.4 is 14.8 Å². The molecule has 6 nitrogen and oxygen atoms in total. The highest BCUT2D eigenvalue weighted by Crippen LogP contribution is 2.27. The van der Waals surface area contributed by atoms with Crippen molar-refractivity contribution < 1.29 is 17.9 Å². The van der Waals surface area contributed by atoms with E-state index in [1.54, 1.807) is 20.8 Å². The molecule has 158 valence electrons. The number of carbonyl (C=O) groups excluding carboxylic acids is 1. The number of sulfonamides is 1. The van der Waals surface area contributed by atoms with Crippen LogP contribution in [0.1, 0.15) is 51.7 Å². The van der Waals surface area contributed by atoms with Crippen molar-refractivity contribution in [2.45, 2.75) is 57.9 Å². The summed E-state index contributed by atoms with van der Waals surface area (Å²) in [6.07, 6.45) is 0. The molecule has 0 radical (unpaired) electrons. The van der Waals surface area contributed by atoms with Crippen LogP contribution in [0.4, 0.5) is 5.69 Å². The highest BCUT2D eigenvalue weighted by Gasteiger charge is 2.22. The second-order valence-corrected chi connectivity index (χ2v) is 10.0. The number of benzene rings is 2. The Bertz CT molecular complexity index is 959. The normalized spacial score (nSPS) is 12.1. The third-order valence-corrected chi connectivity index (χ3v) is 5.91. The number of hydrogen-bond acceptors (Lipinski definition) is 4. The summed E-state index contributed by atoms with van der Waals surface area (Å²) in [6, 6.07) is 11.9. The molecule has 7 heteroatoms. The highest BCUT2D eigenvalue weighted by atomic mass is 32.2. The minimum absolute atomic E-state index is 0.144. The average Bonchev–Trinajstić information content (AvgIpc) is 2.60. The SMILES string of the molecule is Cc1cccc(C(C)C)c1NC(=O)COc1ccc(S(=O)(=O)NC(C)(C)C)cc1. The van der Waals surface area contributed by atoms with Crippen molar-refractivity contribution in [3.8, 4) is 5.75 Å². The van der Waals surface area contributed by atoms with Crippen LogP contribution in [-0.4, -0.2) is 26.5 Å². The van der Waals surface area contributed by atoms with Gasteiger partial charge in [-0.05, 0) is 69.0 Å². The van der Waals surface area contributed by atoms with Gasteiger partial charge in [-0.1, -0.05) is 32.0 Å². The standard InChI is InChI=1S/C22H30N2O4S/c1-15(2)19-9-7-8-16(3)21(19)23-20(25)14-28-17-10-12-18(13-11-17)29(26,27)24-22(4,5)6/h7-13,15,24H,14H2,1-6H3,(H,23,25). The zero-order valence-corrected chi connectivity index (χ0v) is 18.7. The summed E-state index contributed by atoms with van der Waals surface area (Å²) in [5.41, 5.74) is 2.30. The van der Waals surface area contributed by atoms with Crippen molar-refractivity contribution in [3.05, 3.63) is 53.6 Å². The fourth-order valence-corrected chi connectivity index (χ4v) is 4.26. The highest BCUT2D eigenvalue weighted by molar-refractivity contribution is 7.89. The summed E-state index contributed by atoms with van der Waals surface area (Å²) in [5.74, 6) is 0.429. The summed E-state index contributed by atoms with van der Waals surface area (Å²) < 4.78 is 32.8. The van der Waals surface area contributed by atoms with Gasteiger partial charge in [-0.3, -0.25) is 4.79 Å². The second kappa shape index (κ2) is 8.97. The van der Waals surface area contributed by atoms with Gasteiger partial charge in [0.2, 0.25) is 10.0 Å². The summed E-state index contributed by atoms with van der Waals surface area (Å²) in [4.78, 5) is 12.5. The van der Waals surface area contributed by atoms with E-state index in [4.69, 9.17) is 4.74 Å². The van der Waals surface area contributed by atoms with Crippen LogP contribution in [0.3, 0.4) is 0 Å². The molecular weight excluding hydrogens is 388 g/mol. The number of anilines is 1. The maximum absolute atomic E-state index is 12.4. The molecule has 2 aromatic rings. The van der Waals surface area contributed by atoms with Crippen LogP contribution in [0, 0.1) is 6.92 Å². The molecule has 0 heterocycles. The second-order valence-electron chi connectivity index (χ2n) is 8.36. The Morgan fingerprint density at radius 3 is 2.24 bits per heavy atom. The van der Waals surface area contributed by atoms with Crippen molar-refractivity contribution >= 4 is 21.6 Å². The van der Waals surface area contributed by atoms with Crippen LogP contribution in [0.15, 0.2) is 47.4 Å². The molecule has 0 aliphatic carbocycles. The van der Waals surface area contributed by atoms with E-state index >= 15 is 0 Å². The molecule has 2 aromatic carbocycles. The Morgan fingerprint density at radius 1 is 1.07 bits per heavy atom. The van der Waals surface area contributed by atoms with Gasteiger partial charge in [0.25, 0.3) is 5.91 Å². The van der Waals surface area contributed by atoms with E-state index in [0.717, 1.165) is 16.8 Å². The van der Waals surface area contributed by atoms with Crippen molar-refractivity contribution in [2.24, 2.45) is 0 Å². The molecule has 0 aliphatic rings. The van der Waals surface area contributed by atoms with Gasteiger partial charge < -0.3 is 10.1 Å². The summed E-state index contributed by atoms with van der Waals surface area (Å²) in [7, 11) is -3.61. The van der Waals surface area contributed by atoms with Gasteiger partial charge in [-0.15, -0.1) is 0 Å². The third kappa shape index (κ3) is 6.58. The number of rotatable bonds is 7. The van der Waals surface area contributed by atoms with Gasteiger partial charge >= 0.3 is 0 Å². The lowest BCUT2D eigenvalue weighted by Gasteiger charge is -2.20. The minimum Gasteiger partial charge on any atom is -0.484 e. The molecular formula is C22H30N2O4S. The smallest absolute Gasteiger partial charge is 0.262 e. The zero-order valence-electron chi connectivity index (χ0n) is 17.9. The maximum Gasteiger partial charge on any atom is 0.262 e. The Morgan fingerprint density at radius 2 is 1.69 bits per heavy atom. The van der Waals surface area contributed by atoms with Gasteiger partial charge in [0.15, 0.2) is 6.61 Å². The molecule has 0 saturated carbocycles. The van der Waals surface area contributed by atoms with E-state index in [-0.39, 0.29) is 23.3 Å². The molecule has 0 fully saturated rings. The number of carbonyl (C=O) groups is 1. The topological polar surface area (TPSA) is 84.5 Å². The predicted octanol–water partition coefficient (Wildman–Crippen LogP) is 4.21. The van der Waals surface area contributed by atoms with E-state index in [2.05, 4.69) is 23.9 Å². The van der Waals surface area contributed by atoms with Crippen LogP contribution in [0.5, 0.6) is 5.75 Å². The molecule has 0 aromatic heterocycles. The molecule has 29 heavy (non-hydrogen) atoms. The molecule has 0 atom stereocenters. The number of amides is 1. The van der Waals surface area contributed by atoms with Crippen LogP contribution >= 0.6 is 0 Å². The van der Waals surface area contributed by atoms with Gasteiger partial charge in [-0.2, -0.15) is 0 Å². The Labute approximate surface area is 173 Å². The predicted molar refractivity (Wildman–Crippen MR) is 116 cm³/mol. The van der Waals surface area contributed by atoms with E-state index in [1.165, 1.54) is 24.3 Å². The van der Waals surface area contributed by atoms with E-state index in [9.17, 15) is 13.2 Å². The Hall–Kier alpha value is -2.38. The van der Waals surface area contributed by atoms with Gasteiger partial charge in [0.1, 0.15) is 5.75 Å². The quantitative estimate of drug-likeness (QED) is 0.705. The van der Waals surface area contributed by atoms with E-state index in [0.29, 0.717) is 5.75 Å². The zero-order chi connectivity index (χ0) is 21.8. The number of para-hydroxylation sites is 1. The lowest BCUT2D eigenvalue weighted by molar-refractivity contribution is -0.118. The molecule has 1 amide bonds. The average molecular weight is 419 g/mol. The first-order valence-electron chi connectivity index (χ1n) is 9.55. The van der Waals surface area contributed by atoms with Crippen molar-refractivity contribution in [1.29, 1.82) is 0 Å². The van der Waals surface area contributed by atoms with Gasteiger partial charge in [0, 0.05) is 11.2 Å². The first-order chi connectivity index (χ1) is 13.4. The fourth-order valence-electron chi connectivity index (χ4n) is 2.84. The summed E-state index contributed by atoms with van der Waals surface area (Å²) in [6.45, 7) is 11.3. The first-order valence-corrected chi connectivity index (χ1v) is 11.0. The number of aryl methyl sites for hydroxylation is 1. The fraction of sp³-hybridized carbons (Fsp3) is 0.409. The van der Waals surface area contributed by atoms with Crippen molar-refractivity contribution in [3.63, 3.8) is 0 Å². The Balaban J connectivity index is 2.02. The molecule has 0 aliphatic heterocycles. The monoisotopic (exact) mass is 418 g/mol. The van der Waals surface area contributed by atoms with E-state index in [1.807, 2.05) is 25.1 Å². The summed E-state index contributed by atoms with van der Waals surface area (Å²) in [5, 5.41) is 2.92. The Kier molecular flexibility index (Phi) is 7.08. The first kappa shape index (κ1) is 22.9. The lowest BCUT2D eigenvalue weighted by Crippen LogP contribution is -2.40. The van der Waals surface area contributed by atoms with Crippen LogP contribution in [0.25, 0.3) is 0 Å². The summed E-state index contributed by atoms with van der Waals surface area (Å²) >= 11 is 0. The van der Waals surface area contributed by atoms with Crippen molar-refractivity contribution in [1.82, 2.24) is 4.72 Å². The molecule has 2 rings (SSSR count). The van der Waals surface area contributed by atoms with Gasteiger partial charge in [-0.25, -0.2) is 13.1 Å². The molecule has 0 unspecified atom stereocenters. The molecule has 0 spiro atoms. The minimum atomic E-state index is -3.61. The number of ether oxygens (including phenoxy) is 1. The molecule has 2 N–H and O–H groups in total. The third-order valence-electron chi connectivity index (χ3n) is 4.14. The van der Waals surface area contributed by atoms with Crippen LogP contribution in [0.2, 0.25) is 0 Å². The maximum atomic E-state index is 12.4. The number of nitrogens with one attached hydrogen (secondary N) is 2. The number of hydrogen-bond donors (Lipinski definition) is 2. The van der Waals surface area contributed by atoms with E-state index < -0.39 is 15.6 Å². The molecule has 0 saturated heterocycles. The van der Waals surface area contributed by atoms with Gasteiger partial charge in [0.05, 0.1) is 4.90 Å². The van der Waals surface area contributed by atoms with Crippen molar-refractivity contribution in [2.75, 3.05) is 11.9 Å². The molecule has 0 bridgehead atoms. The largest absolute Gasteiger partial charge is 0.484 e. The van der Waals surface area contributed by atoms with Crippen LogP contribution in [-0.2, 0) is 14.8 Å².